The van der Waals surface area contributed by atoms with Gasteiger partial charge in [0, 0.05) is 12.1 Å². The van der Waals surface area contributed by atoms with E-state index in [4.69, 9.17) is 0 Å². The Balaban J connectivity index is 1.90. The summed E-state index contributed by atoms with van der Waals surface area (Å²) in [6.07, 6.45) is 5.13. The molecule has 0 spiro atoms. The summed E-state index contributed by atoms with van der Waals surface area (Å²) < 4.78 is 0. The van der Waals surface area contributed by atoms with Gasteiger partial charge in [-0.1, -0.05) is 0 Å². The maximum atomic E-state index is 9.37. The van der Waals surface area contributed by atoms with E-state index in [1.54, 1.807) is 0 Å². The monoisotopic (exact) mass is 184 g/mol. The lowest BCUT2D eigenvalue weighted by Crippen LogP contribution is -2.48. The molecule has 0 radical (unpaired) electrons. The van der Waals surface area contributed by atoms with Crippen molar-refractivity contribution in [3.8, 4) is 0 Å². The van der Waals surface area contributed by atoms with Gasteiger partial charge in [0.2, 0.25) is 0 Å². The molecule has 2 aliphatic rings. The van der Waals surface area contributed by atoms with Crippen LogP contribution in [-0.2, 0) is 0 Å². The molecule has 0 amide bonds. The van der Waals surface area contributed by atoms with Gasteiger partial charge in [0.05, 0.1) is 6.61 Å². The minimum Gasteiger partial charge on any atom is -0.395 e. The van der Waals surface area contributed by atoms with Gasteiger partial charge in [0.25, 0.3) is 0 Å². The highest BCUT2D eigenvalue weighted by Gasteiger charge is 2.30. The molecule has 3 nitrogen and oxygen atoms in total. The van der Waals surface area contributed by atoms with Crippen LogP contribution in [0.5, 0.6) is 0 Å². The van der Waals surface area contributed by atoms with Gasteiger partial charge in [-0.2, -0.15) is 0 Å². The average Bonchev–Trinajstić information content (AvgIpc) is 2.76. The summed E-state index contributed by atoms with van der Waals surface area (Å²) in [5.74, 6) is 0. The molecule has 2 heterocycles. The molecule has 13 heavy (non-hydrogen) atoms. The second-order valence-corrected chi connectivity index (χ2v) is 4.20. The average molecular weight is 184 g/mol. The molecule has 0 aromatic rings. The Kier molecular flexibility index (Phi) is 3.19. The maximum Gasteiger partial charge on any atom is 0.0602 e. The highest BCUT2D eigenvalue weighted by Crippen LogP contribution is 2.18. The molecular weight excluding hydrogens is 164 g/mol. The van der Waals surface area contributed by atoms with Gasteiger partial charge < -0.3 is 10.4 Å². The van der Waals surface area contributed by atoms with Gasteiger partial charge in [0.1, 0.15) is 0 Å². The van der Waals surface area contributed by atoms with Crippen molar-refractivity contribution in [3.63, 3.8) is 0 Å². The molecule has 2 rings (SSSR count). The summed E-state index contributed by atoms with van der Waals surface area (Å²) in [6.45, 7) is 3.82. The number of hydrogen-bond donors (Lipinski definition) is 2. The Morgan fingerprint density at radius 3 is 2.62 bits per heavy atom. The molecule has 0 bridgehead atoms. The van der Waals surface area contributed by atoms with Crippen LogP contribution in [0.25, 0.3) is 0 Å². The fourth-order valence-electron chi connectivity index (χ4n) is 2.61. The molecule has 2 N–H and O–H groups in total. The number of nitrogens with one attached hydrogen (secondary N) is 1. The van der Waals surface area contributed by atoms with E-state index in [2.05, 4.69) is 10.2 Å². The van der Waals surface area contributed by atoms with E-state index >= 15 is 0 Å². The lowest BCUT2D eigenvalue weighted by molar-refractivity contribution is 0.119. The van der Waals surface area contributed by atoms with Gasteiger partial charge in [-0.3, -0.25) is 4.90 Å². The summed E-state index contributed by atoms with van der Waals surface area (Å²) in [4.78, 5) is 2.45. The Morgan fingerprint density at radius 1 is 1.31 bits per heavy atom. The predicted octanol–water partition coefficient (Wildman–Crippen LogP) is 0.195. The highest BCUT2D eigenvalue weighted by atomic mass is 16.3. The number of aliphatic hydroxyl groups is 1. The number of nitrogens with zero attached hydrogens (tertiary/aromatic N) is 1. The van der Waals surface area contributed by atoms with E-state index in [-0.39, 0.29) is 0 Å². The molecule has 2 saturated heterocycles. The maximum absolute atomic E-state index is 9.37. The Morgan fingerprint density at radius 2 is 2.08 bits per heavy atom. The van der Waals surface area contributed by atoms with E-state index < -0.39 is 0 Å². The third kappa shape index (κ3) is 2.03. The van der Waals surface area contributed by atoms with Crippen LogP contribution < -0.4 is 5.32 Å². The van der Waals surface area contributed by atoms with Crippen molar-refractivity contribution in [2.75, 3.05) is 26.2 Å². The molecule has 2 atom stereocenters. The topological polar surface area (TPSA) is 35.5 Å². The Labute approximate surface area is 80.1 Å². The third-order valence-corrected chi connectivity index (χ3v) is 3.36. The normalized spacial score (nSPS) is 32.5. The quantitative estimate of drug-likeness (QED) is 0.657. The minimum atomic E-state index is 0.317. The van der Waals surface area contributed by atoms with Crippen LogP contribution in [0.4, 0.5) is 0 Å². The molecule has 3 heteroatoms. The number of aliphatic hydroxyl groups excluding tert-OH is 1. The van der Waals surface area contributed by atoms with E-state index in [0.29, 0.717) is 18.7 Å². The van der Waals surface area contributed by atoms with Gasteiger partial charge in [-0.25, -0.2) is 0 Å². The fourth-order valence-corrected chi connectivity index (χ4v) is 2.61. The van der Waals surface area contributed by atoms with Crippen molar-refractivity contribution in [1.82, 2.24) is 10.2 Å². The lowest BCUT2D eigenvalue weighted by Gasteiger charge is -2.30. The predicted molar refractivity (Wildman–Crippen MR) is 52.7 cm³/mol. The zero-order valence-electron chi connectivity index (χ0n) is 8.21. The number of rotatable bonds is 3. The van der Waals surface area contributed by atoms with Gasteiger partial charge in [0.15, 0.2) is 0 Å². The van der Waals surface area contributed by atoms with E-state index in [1.165, 1.54) is 38.8 Å². The zero-order valence-corrected chi connectivity index (χ0v) is 8.21. The first-order valence-electron chi connectivity index (χ1n) is 5.50. The second-order valence-electron chi connectivity index (χ2n) is 4.20. The first-order valence-corrected chi connectivity index (χ1v) is 5.50. The summed E-state index contributed by atoms with van der Waals surface area (Å²) in [5.41, 5.74) is 0. The van der Waals surface area contributed by atoms with Crippen LogP contribution >= 0.6 is 0 Å². The van der Waals surface area contributed by atoms with Crippen LogP contribution in [0.3, 0.4) is 0 Å². The Bertz CT molecular complexity index is 135. The summed E-state index contributed by atoms with van der Waals surface area (Å²) in [6, 6.07) is 0.924. The second kappa shape index (κ2) is 4.40. The fraction of sp³-hybridized carbons (Fsp3) is 1.00. The van der Waals surface area contributed by atoms with Crippen molar-refractivity contribution in [2.45, 2.75) is 37.8 Å². The van der Waals surface area contributed by atoms with Crippen molar-refractivity contribution in [1.29, 1.82) is 0 Å². The van der Waals surface area contributed by atoms with Crippen LogP contribution in [0.15, 0.2) is 0 Å². The SMILES string of the molecule is OC[C@@H]([C@H]1CCCN1)N1CCCC1. The minimum absolute atomic E-state index is 0.317. The summed E-state index contributed by atoms with van der Waals surface area (Å²) >= 11 is 0. The number of likely N-dealkylation sites (tertiary alicyclic amines) is 1. The molecule has 0 aromatic carbocycles. The van der Waals surface area contributed by atoms with Gasteiger partial charge in [-0.05, 0) is 45.3 Å². The molecular formula is C10H20N2O. The summed E-state index contributed by atoms with van der Waals surface area (Å²) in [5, 5.41) is 12.8. The van der Waals surface area contributed by atoms with Crippen molar-refractivity contribution in [3.05, 3.63) is 0 Å². The Hall–Kier alpha value is -0.120. The molecule has 2 fully saturated rings. The highest BCUT2D eigenvalue weighted by molar-refractivity contribution is 4.89. The van der Waals surface area contributed by atoms with E-state index in [1.807, 2.05) is 0 Å². The summed E-state index contributed by atoms with van der Waals surface area (Å²) in [7, 11) is 0. The first-order chi connectivity index (χ1) is 6.42. The molecule has 0 saturated carbocycles. The first kappa shape index (κ1) is 9.44. The lowest BCUT2D eigenvalue weighted by atomic mass is 10.1. The molecule has 2 aliphatic heterocycles. The van der Waals surface area contributed by atoms with Crippen molar-refractivity contribution in [2.24, 2.45) is 0 Å². The van der Waals surface area contributed by atoms with Gasteiger partial charge in [-0.15, -0.1) is 0 Å². The third-order valence-electron chi connectivity index (χ3n) is 3.36. The standard InChI is InChI=1S/C10H20N2O/c13-8-10(9-4-3-5-11-9)12-6-1-2-7-12/h9-11,13H,1-8H2/t9-,10+/m1/s1. The smallest absolute Gasteiger partial charge is 0.0602 e. The van der Waals surface area contributed by atoms with E-state index in [0.717, 1.165) is 6.54 Å². The largest absolute Gasteiger partial charge is 0.395 e. The van der Waals surface area contributed by atoms with Crippen LogP contribution in [-0.4, -0.2) is 48.3 Å². The molecule has 76 valence electrons. The molecule has 0 aromatic heterocycles. The zero-order chi connectivity index (χ0) is 9.10. The van der Waals surface area contributed by atoms with E-state index in [9.17, 15) is 5.11 Å². The van der Waals surface area contributed by atoms with Crippen molar-refractivity contribution >= 4 is 0 Å². The van der Waals surface area contributed by atoms with Gasteiger partial charge >= 0.3 is 0 Å². The van der Waals surface area contributed by atoms with Crippen LogP contribution in [0.1, 0.15) is 25.7 Å². The van der Waals surface area contributed by atoms with Crippen molar-refractivity contribution < 1.29 is 5.11 Å². The molecule has 0 unspecified atom stereocenters. The van der Waals surface area contributed by atoms with Crippen LogP contribution in [0, 0.1) is 0 Å². The molecule has 0 aliphatic carbocycles. The van der Waals surface area contributed by atoms with Crippen LogP contribution in [0.2, 0.25) is 0 Å². The number of hydrogen-bond acceptors (Lipinski definition) is 3.